The number of rotatable bonds is 5. The molecule has 4 heteroatoms. The molecule has 1 atom stereocenters. The number of aromatic carboxylic acids is 1. The number of fused-ring (bicyclic) bond motifs is 1. The fourth-order valence-corrected chi connectivity index (χ4v) is 3.93. The second kappa shape index (κ2) is 7.85. The van der Waals surface area contributed by atoms with Gasteiger partial charge >= 0.3 is 5.97 Å². The maximum atomic E-state index is 11.4. The summed E-state index contributed by atoms with van der Waals surface area (Å²) in [6.07, 6.45) is 5.72. The summed E-state index contributed by atoms with van der Waals surface area (Å²) in [6, 6.07) is 16.5. The Bertz CT molecular complexity index is 1010. The topological polar surface area (TPSA) is 59.4 Å². The minimum atomic E-state index is -0.896. The summed E-state index contributed by atoms with van der Waals surface area (Å²) in [5.74, 6) is 0.407. The molecule has 2 aromatic carbocycles. The first-order valence-corrected chi connectivity index (χ1v) is 9.62. The van der Waals surface area contributed by atoms with E-state index in [0.717, 1.165) is 29.7 Å². The molecule has 1 N–H and O–H groups in total. The molecule has 1 aliphatic heterocycles. The lowest BCUT2D eigenvalue weighted by atomic mass is 9.86. The molecule has 1 unspecified atom stereocenters. The molecule has 0 amide bonds. The van der Waals surface area contributed by atoms with Gasteiger partial charge in [-0.2, -0.15) is 0 Å². The van der Waals surface area contributed by atoms with Crippen LogP contribution in [0.5, 0.6) is 5.75 Å². The minimum absolute atomic E-state index is 0.345. The van der Waals surface area contributed by atoms with E-state index in [1.165, 1.54) is 22.9 Å². The Hall–Kier alpha value is -3.14. The Morgan fingerprint density at radius 1 is 1.18 bits per heavy atom. The van der Waals surface area contributed by atoms with E-state index in [1.54, 1.807) is 12.3 Å². The van der Waals surface area contributed by atoms with Crippen LogP contribution in [0.15, 0.2) is 60.9 Å². The fourth-order valence-electron chi connectivity index (χ4n) is 3.93. The lowest BCUT2D eigenvalue weighted by molar-refractivity contribution is 0.0695. The minimum Gasteiger partial charge on any atom is -0.493 e. The third kappa shape index (κ3) is 3.77. The molecule has 0 spiro atoms. The molecule has 0 radical (unpaired) electrons. The van der Waals surface area contributed by atoms with Gasteiger partial charge in [0.25, 0.3) is 0 Å². The van der Waals surface area contributed by atoms with Crippen LogP contribution in [-0.4, -0.2) is 22.7 Å². The number of carboxylic acids is 1. The zero-order valence-corrected chi connectivity index (χ0v) is 15.9. The fraction of sp³-hybridized carbons (Fsp3) is 0.250. The predicted molar refractivity (Wildman–Crippen MR) is 109 cm³/mol. The smallest absolute Gasteiger partial charge is 0.336 e. The normalized spacial score (nSPS) is 15.5. The van der Waals surface area contributed by atoms with Crippen molar-refractivity contribution in [3.8, 4) is 16.9 Å². The first-order valence-electron chi connectivity index (χ1n) is 9.62. The Balaban J connectivity index is 1.55. The number of aryl methyl sites for hydroxylation is 2. The van der Waals surface area contributed by atoms with Gasteiger partial charge in [0, 0.05) is 12.4 Å². The summed E-state index contributed by atoms with van der Waals surface area (Å²) in [5.41, 5.74) is 5.93. The van der Waals surface area contributed by atoms with Crippen LogP contribution in [-0.2, 0) is 6.42 Å². The number of hydrogen-bond acceptors (Lipinski definition) is 3. The van der Waals surface area contributed by atoms with Crippen LogP contribution in [0.1, 0.15) is 45.8 Å². The second-order valence-electron chi connectivity index (χ2n) is 7.33. The maximum Gasteiger partial charge on any atom is 0.336 e. The highest BCUT2D eigenvalue weighted by molar-refractivity contribution is 5.89. The molecule has 0 saturated carbocycles. The molecule has 0 aliphatic carbocycles. The van der Waals surface area contributed by atoms with Gasteiger partial charge in [-0.25, -0.2) is 4.79 Å². The predicted octanol–water partition coefficient (Wildman–Crippen LogP) is 5.25. The van der Waals surface area contributed by atoms with Gasteiger partial charge in [-0.1, -0.05) is 42.0 Å². The van der Waals surface area contributed by atoms with Crippen molar-refractivity contribution in [2.24, 2.45) is 0 Å². The lowest BCUT2D eigenvalue weighted by Gasteiger charge is -2.26. The van der Waals surface area contributed by atoms with Gasteiger partial charge in [0.2, 0.25) is 0 Å². The summed E-state index contributed by atoms with van der Waals surface area (Å²) >= 11 is 0. The highest BCUT2D eigenvalue weighted by Crippen LogP contribution is 2.39. The van der Waals surface area contributed by atoms with E-state index in [4.69, 9.17) is 4.74 Å². The van der Waals surface area contributed by atoms with Crippen LogP contribution in [0.3, 0.4) is 0 Å². The molecule has 142 valence electrons. The Labute approximate surface area is 164 Å². The summed E-state index contributed by atoms with van der Waals surface area (Å²) in [7, 11) is 0. The Kier molecular flexibility index (Phi) is 5.11. The average molecular weight is 373 g/mol. The quantitative estimate of drug-likeness (QED) is 0.663. The van der Waals surface area contributed by atoms with Crippen LogP contribution < -0.4 is 4.74 Å². The van der Waals surface area contributed by atoms with Gasteiger partial charge in [-0.05, 0) is 66.5 Å². The molecular weight excluding hydrogens is 350 g/mol. The van der Waals surface area contributed by atoms with E-state index in [0.29, 0.717) is 24.5 Å². The van der Waals surface area contributed by atoms with Crippen LogP contribution in [0, 0.1) is 6.92 Å². The monoisotopic (exact) mass is 373 g/mol. The first-order chi connectivity index (χ1) is 13.6. The molecule has 0 bridgehead atoms. The largest absolute Gasteiger partial charge is 0.493 e. The van der Waals surface area contributed by atoms with Gasteiger partial charge in [-0.15, -0.1) is 0 Å². The van der Waals surface area contributed by atoms with Crippen LogP contribution in [0.4, 0.5) is 0 Å². The number of ether oxygens (including phenoxy) is 1. The Morgan fingerprint density at radius 2 is 2.04 bits per heavy atom. The van der Waals surface area contributed by atoms with E-state index < -0.39 is 5.97 Å². The van der Waals surface area contributed by atoms with Crippen molar-refractivity contribution < 1.29 is 14.6 Å². The van der Waals surface area contributed by atoms with Gasteiger partial charge < -0.3 is 9.84 Å². The summed E-state index contributed by atoms with van der Waals surface area (Å²) in [6.45, 7) is 2.78. The number of aromatic nitrogens is 1. The molecule has 4 nitrogen and oxygen atoms in total. The van der Waals surface area contributed by atoms with E-state index in [2.05, 4.69) is 54.4 Å². The number of carbonyl (C=O) groups is 1. The van der Waals surface area contributed by atoms with Crippen LogP contribution in [0.25, 0.3) is 11.1 Å². The Morgan fingerprint density at radius 3 is 2.86 bits per heavy atom. The van der Waals surface area contributed by atoms with Crippen molar-refractivity contribution in [1.82, 2.24) is 4.98 Å². The summed E-state index contributed by atoms with van der Waals surface area (Å²) < 4.78 is 5.95. The zero-order chi connectivity index (χ0) is 19.5. The van der Waals surface area contributed by atoms with Crippen molar-refractivity contribution in [2.75, 3.05) is 6.61 Å². The van der Waals surface area contributed by atoms with Crippen LogP contribution >= 0.6 is 0 Å². The molecule has 4 rings (SSSR count). The van der Waals surface area contributed by atoms with Gasteiger partial charge in [0.15, 0.2) is 0 Å². The molecule has 3 aromatic rings. The van der Waals surface area contributed by atoms with E-state index in [9.17, 15) is 9.90 Å². The molecule has 0 saturated heterocycles. The number of hydrogen-bond donors (Lipinski definition) is 1. The third-order valence-corrected chi connectivity index (χ3v) is 5.42. The van der Waals surface area contributed by atoms with Gasteiger partial charge in [0.1, 0.15) is 5.75 Å². The number of nitrogens with zero attached hydrogens (tertiary/aromatic N) is 1. The van der Waals surface area contributed by atoms with Gasteiger partial charge in [-0.3, -0.25) is 4.98 Å². The lowest BCUT2D eigenvalue weighted by Crippen LogP contribution is -2.15. The standard InChI is InChI=1S/C24H23NO3/c1-16-3-2-4-18(13-16)19-7-8-21-17(10-12-28-23(21)14-19)5-6-20-15-25-11-9-22(20)24(26)27/h2-4,7-9,11,13-15,17H,5-6,10,12H2,1H3,(H,26,27). The highest BCUT2D eigenvalue weighted by Gasteiger charge is 2.22. The SMILES string of the molecule is Cc1cccc(-c2ccc3c(c2)OCCC3CCc2cnccc2C(=O)O)c1. The maximum absolute atomic E-state index is 11.4. The van der Waals surface area contributed by atoms with Crippen molar-refractivity contribution in [3.05, 3.63) is 83.2 Å². The van der Waals surface area contributed by atoms with Crippen molar-refractivity contribution in [2.45, 2.75) is 32.1 Å². The second-order valence-corrected chi connectivity index (χ2v) is 7.33. The molecule has 0 fully saturated rings. The molecule has 28 heavy (non-hydrogen) atoms. The first kappa shape index (κ1) is 18.2. The summed E-state index contributed by atoms with van der Waals surface area (Å²) in [5, 5.41) is 9.37. The third-order valence-electron chi connectivity index (χ3n) is 5.42. The average Bonchev–Trinajstić information content (AvgIpc) is 2.72. The van der Waals surface area contributed by atoms with E-state index in [1.807, 2.05) is 0 Å². The highest BCUT2D eigenvalue weighted by atomic mass is 16.5. The molecule has 1 aromatic heterocycles. The number of benzene rings is 2. The number of carboxylic acid groups (broad SMARTS) is 1. The van der Waals surface area contributed by atoms with E-state index >= 15 is 0 Å². The number of pyridine rings is 1. The molecular formula is C24H23NO3. The zero-order valence-electron chi connectivity index (χ0n) is 15.9. The van der Waals surface area contributed by atoms with Crippen molar-refractivity contribution >= 4 is 5.97 Å². The molecule has 1 aliphatic rings. The van der Waals surface area contributed by atoms with E-state index in [-0.39, 0.29) is 0 Å². The van der Waals surface area contributed by atoms with Gasteiger partial charge in [0.05, 0.1) is 12.2 Å². The van der Waals surface area contributed by atoms with Crippen molar-refractivity contribution in [1.29, 1.82) is 0 Å². The summed E-state index contributed by atoms with van der Waals surface area (Å²) in [4.78, 5) is 15.5. The van der Waals surface area contributed by atoms with Crippen LogP contribution in [0.2, 0.25) is 0 Å². The molecule has 2 heterocycles. The van der Waals surface area contributed by atoms with Crippen molar-refractivity contribution in [3.63, 3.8) is 0 Å².